The highest BCUT2D eigenvalue weighted by atomic mass is 16.4. The summed E-state index contributed by atoms with van der Waals surface area (Å²) in [6, 6.07) is 9.70. The lowest BCUT2D eigenvalue weighted by molar-refractivity contribution is -0.142. The number of carboxylic acids is 1. The molecule has 2 aromatic rings. The summed E-state index contributed by atoms with van der Waals surface area (Å²) >= 11 is 0. The minimum Gasteiger partial charge on any atom is -0.481 e. The number of carbonyl (C=O) groups is 2. The Morgan fingerprint density at radius 3 is 2.44 bits per heavy atom. The first-order valence-electron chi connectivity index (χ1n) is 8.61. The molecule has 1 amide bonds. The van der Waals surface area contributed by atoms with Crippen LogP contribution in [-0.2, 0) is 4.79 Å². The van der Waals surface area contributed by atoms with Gasteiger partial charge >= 0.3 is 5.97 Å². The molecule has 1 fully saturated rings. The molecule has 1 saturated heterocycles. The smallest absolute Gasteiger partial charge is 0.308 e. The molecule has 2 atom stereocenters. The Hall–Kier alpha value is -2.56. The molecule has 0 bridgehead atoms. The standard InChI is InChI=1S/C20H24N2O3/c1-12-7-5-6-8-18(12)22-13(2)11-17(15(22)4)19(23)21-10-9-16(14(21)3)20(24)25/h5-8,11,14,16H,9-10H2,1-4H3,(H,24,25). The molecule has 0 aliphatic carbocycles. The van der Waals surface area contributed by atoms with Crippen LogP contribution in [-0.4, -0.2) is 39.0 Å². The molecule has 3 rings (SSSR count). The van der Waals surface area contributed by atoms with Gasteiger partial charge in [-0.05, 0) is 51.8 Å². The first kappa shape index (κ1) is 17.3. The normalized spacial score (nSPS) is 20.1. The molecule has 2 heterocycles. The van der Waals surface area contributed by atoms with E-state index in [0.29, 0.717) is 18.5 Å². The molecule has 25 heavy (non-hydrogen) atoms. The fraction of sp³-hybridized carbons (Fsp3) is 0.400. The summed E-state index contributed by atoms with van der Waals surface area (Å²) < 4.78 is 2.10. The highest BCUT2D eigenvalue weighted by Gasteiger charge is 2.39. The van der Waals surface area contributed by atoms with E-state index in [9.17, 15) is 14.7 Å². The van der Waals surface area contributed by atoms with Gasteiger partial charge in [0.25, 0.3) is 5.91 Å². The van der Waals surface area contributed by atoms with Gasteiger partial charge in [0.15, 0.2) is 0 Å². The van der Waals surface area contributed by atoms with Crippen LogP contribution < -0.4 is 0 Å². The number of likely N-dealkylation sites (tertiary alicyclic amines) is 1. The molecule has 132 valence electrons. The van der Waals surface area contributed by atoms with Crippen LogP contribution in [0.4, 0.5) is 0 Å². The van der Waals surface area contributed by atoms with E-state index < -0.39 is 11.9 Å². The Kier molecular flexibility index (Phi) is 4.41. The minimum absolute atomic E-state index is 0.0795. The van der Waals surface area contributed by atoms with Crippen LogP contribution in [0.25, 0.3) is 5.69 Å². The van der Waals surface area contributed by atoms with E-state index in [0.717, 1.165) is 22.6 Å². The van der Waals surface area contributed by atoms with Crippen LogP contribution in [0.1, 0.15) is 40.7 Å². The zero-order chi connectivity index (χ0) is 18.3. The van der Waals surface area contributed by atoms with Gasteiger partial charge in [-0.1, -0.05) is 18.2 Å². The maximum absolute atomic E-state index is 13.0. The van der Waals surface area contributed by atoms with Gasteiger partial charge in [0.2, 0.25) is 0 Å². The van der Waals surface area contributed by atoms with Crippen LogP contribution in [0.5, 0.6) is 0 Å². The first-order chi connectivity index (χ1) is 11.8. The fourth-order valence-corrected chi connectivity index (χ4v) is 3.88. The molecule has 0 radical (unpaired) electrons. The number of rotatable bonds is 3. The van der Waals surface area contributed by atoms with E-state index in [-0.39, 0.29) is 11.9 Å². The van der Waals surface area contributed by atoms with Crippen molar-refractivity contribution in [3.63, 3.8) is 0 Å². The summed E-state index contributed by atoms with van der Waals surface area (Å²) in [5.41, 5.74) is 4.75. The third kappa shape index (κ3) is 2.84. The van der Waals surface area contributed by atoms with Crippen molar-refractivity contribution in [2.75, 3.05) is 6.54 Å². The Balaban J connectivity index is 1.97. The van der Waals surface area contributed by atoms with E-state index in [2.05, 4.69) is 17.6 Å². The Bertz CT molecular complexity index is 837. The van der Waals surface area contributed by atoms with Gasteiger partial charge in [-0.2, -0.15) is 0 Å². The van der Waals surface area contributed by atoms with Gasteiger partial charge < -0.3 is 14.6 Å². The van der Waals surface area contributed by atoms with Crippen LogP contribution in [0.2, 0.25) is 0 Å². The summed E-state index contributed by atoms with van der Waals surface area (Å²) in [6.07, 6.45) is 0.513. The number of benzene rings is 1. The van der Waals surface area contributed by atoms with Gasteiger partial charge in [-0.3, -0.25) is 9.59 Å². The summed E-state index contributed by atoms with van der Waals surface area (Å²) in [6.45, 7) is 8.30. The van der Waals surface area contributed by atoms with Crippen LogP contribution >= 0.6 is 0 Å². The maximum atomic E-state index is 13.0. The highest BCUT2D eigenvalue weighted by molar-refractivity contribution is 5.96. The van der Waals surface area contributed by atoms with Crippen molar-refractivity contribution in [3.05, 3.63) is 52.8 Å². The quantitative estimate of drug-likeness (QED) is 0.932. The van der Waals surface area contributed by atoms with Gasteiger partial charge in [0.05, 0.1) is 11.5 Å². The number of amides is 1. The number of aryl methyl sites for hydroxylation is 2. The molecule has 1 N–H and O–H groups in total. The van der Waals surface area contributed by atoms with Crippen LogP contribution in [0.3, 0.4) is 0 Å². The monoisotopic (exact) mass is 340 g/mol. The number of nitrogens with zero attached hydrogens (tertiary/aromatic N) is 2. The molecular formula is C20H24N2O3. The van der Waals surface area contributed by atoms with Crippen molar-refractivity contribution in [2.45, 2.75) is 40.2 Å². The van der Waals surface area contributed by atoms with Crippen LogP contribution in [0, 0.1) is 26.7 Å². The van der Waals surface area contributed by atoms with E-state index in [1.165, 1.54) is 0 Å². The molecule has 5 heteroatoms. The summed E-state index contributed by atoms with van der Waals surface area (Å²) in [5, 5.41) is 9.29. The van der Waals surface area contributed by atoms with E-state index in [4.69, 9.17) is 0 Å². The number of hydrogen-bond donors (Lipinski definition) is 1. The lowest BCUT2D eigenvalue weighted by Gasteiger charge is -2.23. The number of para-hydroxylation sites is 1. The zero-order valence-corrected chi connectivity index (χ0v) is 15.1. The second-order valence-corrected chi connectivity index (χ2v) is 6.88. The SMILES string of the molecule is Cc1ccccc1-n1c(C)cc(C(=O)N2CCC(C(=O)O)C2C)c1C. The van der Waals surface area contributed by atoms with E-state index >= 15 is 0 Å². The summed E-state index contributed by atoms with van der Waals surface area (Å²) in [4.78, 5) is 26.1. The van der Waals surface area contributed by atoms with Crippen molar-refractivity contribution in [1.82, 2.24) is 9.47 Å². The predicted molar refractivity (Wildman–Crippen MR) is 96.2 cm³/mol. The lowest BCUT2D eigenvalue weighted by atomic mass is 10.0. The maximum Gasteiger partial charge on any atom is 0.308 e. The number of carboxylic acid groups (broad SMARTS) is 1. The van der Waals surface area contributed by atoms with E-state index in [1.807, 2.05) is 45.0 Å². The molecule has 0 saturated carbocycles. The van der Waals surface area contributed by atoms with Gasteiger partial charge in [-0.15, -0.1) is 0 Å². The first-order valence-corrected chi connectivity index (χ1v) is 8.61. The Labute approximate surface area is 147 Å². The third-order valence-electron chi connectivity index (χ3n) is 5.35. The fourth-order valence-electron chi connectivity index (χ4n) is 3.88. The number of aliphatic carboxylic acids is 1. The molecular weight excluding hydrogens is 316 g/mol. The Morgan fingerprint density at radius 1 is 1.16 bits per heavy atom. The van der Waals surface area contributed by atoms with Crippen molar-refractivity contribution < 1.29 is 14.7 Å². The lowest BCUT2D eigenvalue weighted by Crippen LogP contribution is -2.37. The molecule has 1 aliphatic heterocycles. The average molecular weight is 340 g/mol. The second kappa shape index (κ2) is 6.39. The average Bonchev–Trinajstić information content (AvgIpc) is 3.08. The highest BCUT2D eigenvalue weighted by Crippen LogP contribution is 2.29. The molecule has 5 nitrogen and oxygen atoms in total. The van der Waals surface area contributed by atoms with Crippen molar-refractivity contribution in [3.8, 4) is 5.69 Å². The van der Waals surface area contributed by atoms with Crippen LogP contribution in [0.15, 0.2) is 30.3 Å². The largest absolute Gasteiger partial charge is 0.481 e. The molecule has 2 unspecified atom stereocenters. The molecule has 1 aliphatic rings. The van der Waals surface area contributed by atoms with Gasteiger partial charge in [0, 0.05) is 29.7 Å². The number of hydrogen-bond acceptors (Lipinski definition) is 2. The predicted octanol–water partition coefficient (Wildman–Crippen LogP) is 3.34. The third-order valence-corrected chi connectivity index (χ3v) is 5.35. The number of aromatic nitrogens is 1. The van der Waals surface area contributed by atoms with Crippen molar-refractivity contribution in [1.29, 1.82) is 0 Å². The van der Waals surface area contributed by atoms with Crippen molar-refractivity contribution >= 4 is 11.9 Å². The number of carbonyl (C=O) groups excluding carboxylic acids is 1. The molecule has 1 aromatic heterocycles. The summed E-state index contributed by atoms with van der Waals surface area (Å²) in [7, 11) is 0. The molecule has 0 spiro atoms. The summed E-state index contributed by atoms with van der Waals surface area (Å²) in [5.74, 6) is -1.39. The zero-order valence-electron chi connectivity index (χ0n) is 15.1. The van der Waals surface area contributed by atoms with E-state index in [1.54, 1.807) is 4.90 Å². The Morgan fingerprint density at radius 2 is 1.84 bits per heavy atom. The van der Waals surface area contributed by atoms with Gasteiger partial charge in [0.1, 0.15) is 0 Å². The van der Waals surface area contributed by atoms with Gasteiger partial charge in [-0.25, -0.2) is 0 Å². The second-order valence-electron chi connectivity index (χ2n) is 6.88. The topological polar surface area (TPSA) is 62.5 Å². The van der Waals surface area contributed by atoms with Crippen molar-refractivity contribution in [2.24, 2.45) is 5.92 Å². The minimum atomic E-state index is -0.826. The molecule has 1 aromatic carbocycles.